The van der Waals surface area contributed by atoms with Gasteiger partial charge in [0.05, 0.1) is 38.8 Å². The molecule has 41 heteroatoms. The van der Waals surface area contributed by atoms with Crippen molar-refractivity contribution >= 4 is 82.2 Å². The first-order valence-electron chi connectivity index (χ1n) is 19.9. The molecule has 3 aliphatic rings. The highest BCUT2D eigenvalue weighted by Crippen LogP contribution is 2.54. The zero-order valence-corrected chi connectivity index (χ0v) is 38.8. The molecule has 0 amide bonds. The van der Waals surface area contributed by atoms with E-state index in [-0.39, 0.29) is 50.9 Å². The van der Waals surface area contributed by atoms with Crippen LogP contribution in [0.15, 0.2) is 38.0 Å². The van der Waals surface area contributed by atoms with Crippen LogP contribution in [0, 0.1) is 0 Å². The molecule has 37 nitrogen and oxygen atoms in total. The Kier molecular flexibility index (Phi) is 13.9. The van der Waals surface area contributed by atoms with Gasteiger partial charge in [-0.3, -0.25) is 40.8 Å². The summed E-state index contributed by atoms with van der Waals surface area (Å²) in [4.78, 5) is 95.9. The number of aliphatic hydroxyl groups is 3. The van der Waals surface area contributed by atoms with Gasteiger partial charge in [-0.1, -0.05) is 0 Å². The van der Waals surface area contributed by atoms with Crippen LogP contribution in [0.25, 0.3) is 33.5 Å². The highest BCUT2D eigenvalue weighted by molar-refractivity contribution is 7.47. The lowest BCUT2D eigenvalue weighted by Gasteiger charge is -2.25. The highest BCUT2D eigenvalue weighted by Gasteiger charge is 2.54. The summed E-state index contributed by atoms with van der Waals surface area (Å²) in [6.45, 7) is -3.11. The van der Waals surface area contributed by atoms with Gasteiger partial charge in [-0.25, -0.2) is 63.1 Å². The largest absolute Gasteiger partial charge is 0.472 e. The minimum atomic E-state index is -5.50. The average molecular weight is 1090 g/mol. The van der Waals surface area contributed by atoms with Crippen LogP contribution in [0.1, 0.15) is 18.7 Å². The number of hydrogen-bond donors (Lipinski definition) is 12. The van der Waals surface area contributed by atoms with E-state index in [1.807, 2.05) is 0 Å². The smallest absolute Gasteiger partial charge is 0.387 e. The Morgan fingerprint density at radius 1 is 0.465 bits per heavy atom. The number of aromatic nitrogens is 12. The van der Waals surface area contributed by atoms with Gasteiger partial charge >= 0.3 is 31.3 Å². The van der Waals surface area contributed by atoms with Gasteiger partial charge in [-0.15, -0.1) is 0 Å². The molecule has 15 N–H and O–H groups in total. The van der Waals surface area contributed by atoms with E-state index >= 15 is 0 Å². The van der Waals surface area contributed by atoms with Crippen molar-refractivity contribution < 1.29 is 104 Å². The Hall–Kier alpha value is -4.75. The van der Waals surface area contributed by atoms with Crippen LogP contribution in [-0.2, 0) is 59.6 Å². The van der Waals surface area contributed by atoms with Crippen molar-refractivity contribution in [3.63, 3.8) is 0 Å². The Morgan fingerprint density at radius 3 is 1.08 bits per heavy atom. The maximum Gasteiger partial charge on any atom is 0.472 e. The molecule has 3 saturated heterocycles. The molecule has 2 unspecified atom stereocenters. The molecule has 9 rings (SSSR count). The molecule has 71 heavy (non-hydrogen) atoms. The van der Waals surface area contributed by atoms with E-state index in [1.54, 1.807) is 0 Å². The molecule has 0 aromatic carbocycles. The zero-order chi connectivity index (χ0) is 50.9. The third-order valence-corrected chi connectivity index (χ3v) is 13.9. The zero-order valence-electron chi connectivity index (χ0n) is 35.2. The predicted molar refractivity (Wildman–Crippen MR) is 225 cm³/mol. The number of ether oxygens (including phenoxy) is 3. The lowest BCUT2D eigenvalue weighted by molar-refractivity contribution is -0.0643. The van der Waals surface area contributed by atoms with Crippen LogP contribution in [0.4, 0.5) is 17.5 Å². The molecule has 0 spiro atoms. The minimum absolute atomic E-state index is 0.00855. The van der Waals surface area contributed by atoms with E-state index in [0.29, 0.717) is 0 Å². The summed E-state index contributed by atoms with van der Waals surface area (Å²) in [6, 6.07) is 0. The Balaban J connectivity index is 0.932. The summed E-state index contributed by atoms with van der Waals surface area (Å²) < 4.78 is 102. The molecule has 3 aliphatic heterocycles. The molecule has 0 radical (unpaired) electrons. The van der Waals surface area contributed by atoms with Gasteiger partial charge in [0.15, 0.2) is 53.1 Å². The molecule has 0 saturated carbocycles. The molecule has 0 bridgehead atoms. The molecule has 14 atom stereocenters. The molecule has 9 heterocycles. The van der Waals surface area contributed by atoms with Crippen molar-refractivity contribution in [2.45, 2.75) is 73.6 Å². The van der Waals surface area contributed by atoms with Crippen molar-refractivity contribution in [2.24, 2.45) is 0 Å². The normalized spacial score (nSPS) is 30.2. The number of anilines is 3. The van der Waals surface area contributed by atoms with Gasteiger partial charge in [0.2, 0.25) is 0 Å². The summed E-state index contributed by atoms with van der Waals surface area (Å²) in [6.07, 6.45) is -15.6. The third-order valence-electron chi connectivity index (χ3n) is 10.9. The molecular formula is C30H39N15O22P4. The van der Waals surface area contributed by atoms with Gasteiger partial charge in [-0.2, -0.15) is 0 Å². The predicted octanol–water partition coefficient (Wildman–Crippen LogP) is -3.38. The highest BCUT2D eigenvalue weighted by atomic mass is 31.2. The lowest BCUT2D eigenvalue weighted by atomic mass is 10.1. The lowest BCUT2D eigenvalue weighted by Crippen LogP contribution is -2.37. The summed E-state index contributed by atoms with van der Waals surface area (Å²) in [5, 5.41) is 34.0. The summed E-state index contributed by atoms with van der Waals surface area (Å²) >= 11 is 0. The fourth-order valence-corrected chi connectivity index (χ4v) is 10.5. The van der Waals surface area contributed by atoms with Crippen molar-refractivity contribution in [3.8, 4) is 0 Å². The number of rotatable bonds is 18. The molecular weight excluding hydrogens is 1050 g/mol. The number of aliphatic hydroxyl groups excluding tert-OH is 3. The number of phosphoric ester groups is 4. The molecule has 6 aromatic rings. The van der Waals surface area contributed by atoms with Crippen LogP contribution < -0.4 is 17.2 Å². The van der Waals surface area contributed by atoms with Crippen LogP contribution in [0.3, 0.4) is 0 Å². The summed E-state index contributed by atoms with van der Waals surface area (Å²) in [5.41, 5.74) is 17.6. The summed E-state index contributed by atoms with van der Waals surface area (Å²) in [5.74, 6) is -0.301. The number of nitrogen functional groups attached to an aromatic ring is 3. The van der Waals surface area contributed by atoms with E-state index in [4.69, 9.17) is 54.0 Å². The van der Waals surface area contributed by atoms with Crippen molar-refractivity contribution in [3.05, 3.63) is 38.0 Å². The minimum Gasteiger partial charge on any atom is -0.387 e. The quantitative estimate of drug-likeness (QED) is 0.0374. The number of fused-ring (bicyclic) bond motifs is 3. The average Bonchev–Trinajstić information content (AvgIpc) is 4.15. The fraction of sp³-hybridized carbons (Fsp3) is 0.500. The van der Waals surface area contributed by atoms with E-state index in [0.717, 1.165) is 51.7 Å². The molecule has 0 aliphatic carbocycles. The van der Waals surface area contributed by atoms with Gasteiger partial charge in [-0.05, 0) is 0 Å². The first-order chi connectivity index (χ1) is 33.4. The fourth-order valence-electron chi connectivity index (χ4n) is 7.78. The Morgan fingerprint density at radius 2 is 0.775 bits per heavy atom. The molecule has 386 valence electrons. The number of phosphoric acid groups is 4. The topological polar surface area (TPSA) is 542 Å². The number of hydrogen-bond acceptors (Lipinski definition) is 28. The van der Waals surface area contributed by atoms with Crippen molar-refractivity contribution in [1.29, 1.82) is 0 Å². The van der Waals surface area contributed by atoms with E-state index in [9.17, 15) is 62.9 Å². The van der Waals surface area contributed by atoms with Gasteiger partial charge in [0.25, 0.3) is 0 Å². The van der Waals surface area contributed by atoms with Crippen LogP contribution in [0.2, 0.25) is 0 Å². The van der Waals surface area contributed by atoms with Crippen molar-refractivity contribution in [1.82, 2.24) is 58.6 Å². The Bertz CT molecular complexity index is 3140. The number of imidazole rings is 3. The summed E-state index contributed by atoms with van der Waals surface area (Å²) in [7, 11) is -21.5. The number of nitrogens with two attached hydrogens (primary N) is 3. The first kappa shape index (κ1) is 51.2. The number of nitrogens with zero attached hydrogens (tertiary/aromatic N) is 12. The van der Waals surface area contributed by atoms with Crippen molar-refractivity contribution in [2.75, 3.05) is 37.0 Å². The van der Waals surface area contributed by atoms with Crippen LogP contribution in [0.5, 0.6) is 0 Å². The van der Waals surface area contributed by atoms with E-state index in [2.05, 4.69) is 49.4 Å². The van der Waals surface area contributed by atoms with E-state index < -0.39 is 125 Å². The van der Waals surface area contributed by atoms with Gasteiger partial charge in [0.1, 0.15) is 90.5 Å². The van der Waals surface area contributed by atoms with Gasteiger partial charge in [0, 0.05) is 0 Å². The second-order valence-corrected chi connectivity index (χ2v) is 20.7. The second-order valence-electron chi connectivity index (χ2n) is 15.4. The first-order valence-corrected chi connectivity index (χ1v) is 26.0. The molecule has 3 fully saturated rings. The Labute approximate surface area is 393 Å². The second kappa shape index (κ2) is 19.3. The van der Waals surface area contributed by atoms with Crippen LogP contribution in [-0.4, -0.2) is 178 Å². The monoisotopic (exact) mass is 1090 g/mol. The standard InChI is InChI=1S/C30H39N15O22P4/c31-22-13-25(37-4-34-22)43(7-40-13)28-19(65-69(52,53)54)16(46)11(63-28)2-60-70(55,56)67-21-18(48)12(64-30(21)45-9-42-15-24(33)36-6-39-27(15)45)3-61-71(57,58)66-20-17(47)10(1-59-68(49,50)51)62-29(20)44-8-41-14-23(32)35-5-38-26(14)44/h4-12,16-21,28-30,46-48H,1-3H2,(H,55,56)(H,57,58)(H2,31,34,37)(H2,32,35,38)(H2,33,36,39)(H2,49,50,51)(H2,52,53,54)/t10-,11-,12-,16-,17-,18-,19-,20+,21+,28-,29-,30-/m1/s1. The SMILES string of the molecule is Nc1ncnc2c1ncn2[C@@H]1O[C@H](COP(=O)(O)O[C@H]2[C@H](O)[C@@H](COP(=O)(O)O[C@H]3[C@H](O)[C@@H](COP(=O)(O)O)O[C@H]3n3cnc4c(N)ncnc43)O[C@H]2n2cnc3c(N)ncnc32)[C@@H](O)[C@H]1OP(=O)(O)O. The van der Waals surface area contributed by atoms with Crippen LogP contribution >= 0.6 is 31.3 Å². The maximum absolute atomic E-state index is 13.7. The third kappa shape index (κ3) is 10.6. The maximum atomic E-state index is 13.7. The molecule has 6 aromatic heterocycles. The van der Waals surface area contributed by atoms with Gasteiger partial charge < -0.3 is 76.1 Å². The van der Waals surface area contributed by atoms with E-state index in [1.165, 1.54) is 0 Å².